The number of sulfonamides is 1. The molecule has 7 heteroatoms. The van der Waals surface area contributed by atoms with Crippen molar-refractivity contribution in [2.24, 2.45) is 0 Å². The highest BCUT2D eigenvalue weighted by molar-refractivity contribution is 7.89. The van der Waals surface area contributed by atoms with Crippen molar-refractivity contribution in [1.29, 1.82) is 0 Å². The van der Waals surface area contributed by atoms with Crippen LogP contribution in [0.15, 0.2) is 11.2 Å². The number of aromatic amines is 1. The van der Waals surface area contributed by atoms with Gasteiger partial charge in [0, 0.05) is 19.1 Å². The van der Waals surface area contributed by atoms with E-state index in [-0.39, 0.29) is 11.1 Å². The summed E-state index contributed by atoms with van der Waals surface area (Å²) in [4.78, 5) is 6.80. The van der Waals surface area contributed by atoms with Crippen molar-refractivity contribution in [3.63, 3.8) is 0 Å². The van der Waals surface area contributed by atoms with E-state index in [1.54, 1.807) is 14.0 Å². The van der Waals surface area contributed by atoms with Crippen LogP contribution in [0, 0.1) is 6.92 Å². The lowest BCUT2D eigenvalue weighted by molar-refractivity contribution is 0.249. The van der Waals surface area contributed by atoms with E-state index in [0.717, 1.165) is 38.6 Å². The molecule has 2 rings (SSSR count). The van der Waals surface area contributed by atoms with Crippen LogP contribution in [0.2, 0.25) is 0 Å². The molecule has 1 saturated carbocycles. The SMILES string of the molecule is CCCNC1CCC(N(C)S(=O)(=O)c2cnc(C)[nH]2)CC1. The van der Waals surface area contributed by atoms with Gasteiger partial charge in [0.25, 0.3) is 10.0 Å². The van der Waals surface area contributed by atoms with Crippen molar-refractivity contribution in [1.82, 2.24) is 19.6 Å². The van der Waals surface area contributed by atoms with Crippen LogP contribution in [-0.2, 0) is 10.0 Å². The molecule has 0 aliphatic heterocycles. The van der Waals surface area contributed by atoms with E-state index in [4.69, 9.17) is 0 Å². The standard InChI is InChI=1S/C14H26N4O2S/c1-4-9-15-12-5-7-13(8-6-12)18(3)21(19,20)14-10-16-11(2)17-14/h10,12-13,15H,4-9H2,1-3H3,(H,16,17). The average molecular weight is 314 g/mol. The van der Waals surface area contributed by atoms with Crippen molar-refractivity contribution in [3.05, 3.63) is 12.0 Å². The maximum Gasteiger partial charge on any atom is 0.260 e. The molecular formula is C14H26N4O2S. The highest BCUT2D eigenvalue weighted by Gasteiger charge is 2.32. The summed E-state index contributed by atoms with van der Waals surface area (Å²) in [6, 6.07) is 0.616. The highest BCUT2D eigenvalue weighted by Crippen LogP contribution is 2.26. The van der Waals surface area contributed by atoms with Crippen LogP contribution in [0.25, 0.3) is 0 Å². The fraction of sp³-hybridized carbons (Fsp3) is 0.786. The van der Waals surface area contributed by atoms with Crippen LogP contribution in [0.3, 0.4) is 0 Å². The van der Waals surface area contributed by atoms with Gasteiger partial charge in [0.2, 0.25) is 0 Å². The van der Waals surface area contributed by atoms with Crippen molar-refractivity contribution in [2.75, 3.05) is 13.6 Å². The monoisotopic (exact) mass is 314 g/mol. The molecule has 0 atom stereocenters. The Bertz CT molecular complexity index is 547. The summed E-state index contributed by atoms with van der Waals surface area (Å²) in [7, 11) is -1.78. The molecule has 0 saturated heterocycles. The van der Waals surface area contributed by atoms with Crippen molar-refractivity contribution < 1.29 is 8.42 Å². The van der Waals surface area contributed by atoms with Crippen LogP contribution < -0.4 is 5.32 Å². The lowest BCUT2D eigenvalue weighted by Crippen LogP contribution is -2.43. The second kappa shape index (κ2) is 6.89. The minimum Gasteiger partial charge on any atom is -0.332 e. The zero-order valence-electron chi connectivity index (χ0n) is 13.1. The minimum absolute atomic E-state index is 0.0817. The van der Waals surface area contributed by atoms with Crippen LogP contribution in [0.4, 0.5) is 0 Å². The molecule has 0 bridgehead atoms. The van der Waals surface area contributed by atoms with Crippen LogP contribution >= 0.6 is 0 Å². The Hall–Kier alpha value is -0.920. The molecule has 6 nitrogen and oxygen atoms in total. The Labute approximate surface area is 127 Å². The third-order valence-corrected chi connectivity index (χ3v) is 6.05. The summed E-state index contributed by atoms with van der Waals surface area (Å²) in [5.74, 6) is 0.620. The first-order valence-corrected chi connectivity index (χ1v) is 9.12. The highest BCUT2D eigenvalue weighted by atomic mass is 32.2. The lowest BCUT2D eigenvalue weighted by atomic mass is 9.91. The van der Waals surface area contributed by atoms with Crippen molar-refractivity contribution in [3.8, 4) is 0 Å². The van der Waals surface area contributed by atoms with Crippen LogP contribution in [0.5, 0.6) is 0 Å². The van der Waals surface area contributed by atoms with Gasteiger partial charge >= 0.3 is 0 Å². The van der Waals surface area contributed by atoms with Gasteiger partial charge in [-0.3, -0.25) is 0 Å². The Morgan fingerprint density at radius 3 is 2.57 bits per heavy atom. The predicted molar refractivity (Wildman–Crippen MR) is 82.6 cm³/mol. The van der Waals surface area contributed by atoms with E-state index in [1.165, 1.54) is 10.5 Å². The molecule has 1 aromatic heterocycles. The van der Waals surface area contributed by atoms with Gasteiger partial charge in [-0.1, -0.05) is 6.92 Å². The summed E-state index contributed by atoms with van der Waals surface area (Å²) in [5.41, 5.74) is 0. The molecule has 0 aromatic carbocycles. The second-order valence-electron chi connectivity index (χ2n) is 5.81. The quantitative estimate of drug-likeness (QED) is 0.837. The van der Waals surface area contributed by atoms with E-state index < -0.39 is 10.0 Å². The largest absolute Gasteiger partial charge is 0.332 e. The summed E-state index contributed by atoms with van der Waals surface area (Å²) in [6.45, 7) is 4.95. The van der Waals surface area contributed by atoms with Gasteiger partial charge in [-0.2, -0.15) is 4.31 Å². The maximum absolute atomic E-state index is 12.5. The van der Waals surface area contributed by atoms with Crippen LogP contribution in [-0.4, -0.2) is 48.4 Å². The van der Waals surface area contributed by atoms with E-state index in [0.29, 0.717) is 11.9 Å². The van der Waals surface area contributed by atoms with Gasteiger partial charge in [0.05, 0.1) is 6.20 Å². The summed E-state index contributed by atoms with van der Waals surface area (Å²) >= 11 is 0. The number of hydrogen-bond acceptors (Lipinski definition) is 4. The van der Waals surface area contributed by atoms with Gasteiger partial charge in [-0.05, 0) is 45.6 Å². The van der Waals surface area contributed by atoms with E-state index in [1.807, 2.05) is 0 Å². The van der Waals surface area contributed by atoms with Gasteiger partial charge in [0.1, 0.15) is 5.82 Å². The molecule has 1 aliphatic carbocycles. The second-order valence-corrected chi connectivity index (χ2v) is 7.78. The Balaban J connectivity index is 1.97. The molecule has 120 valence electrons. The number of H-pyrrole nitrogens is 1. The topological polar surface area (TPSA) is 78.1 Å². The Kier molecular flexibility index (Phi) is 5.40. The molecular weight excluding hydrogens is 288 g/mol. The third kappa shape index (κ3) is 3.84. The molecule has 1 fully saturated rings. The smallest absolute Gasteiger partial charge is 0.260 e. The van der Waals surface area contributed by atoms with Crippen LogP contribution in [0.1, 0.15) is 44.9 Å². The van der Waals surface area contributed by atoms with E-state index in [2.05, 4.69) is 22.2 Å². The molecule has 0 radical (unpaired) electrons. The van der Waals surface area contributed by atoms with Gasteiger partial charge in [-0.25, -0.2) is 13.4 Å². The Morgan fingerprint density at radius 1 is 1.38 bits per heavy atom. The molecule has 0 amide bonds. The summed E-state index contributed by atoms with van der Waals surface area (Å²) in [6.07, 6.45) is 6.41. The average Bonchev–Trinajstić information content (AvgIpc) is 2.92. The van der Waals surface area contributed by atoms with E-state index >= 15 is 0 Å². The summed E-state index contributed by atoms with van der Waals surface area (Å²) in [5, 5.41) is 3.71. The zero-order valence-corrected chi connectivity index (χ0v) is 13.9. The van der Waals surface area contributed by atoms with Gasteiger partial charge < -0.3 is 10.3 Å². The number of aromatic nitrogens is 2. The molecule has 1 aromatic rings. The third-order valence-electron chi connectivity index (χ3n) is 4.23. The lowest BCUT2D eigenvalue weighted by Gasteiger charge is -2.34. The predicted octanol–water partition coefficient (Wildman–Crippen LogP) is 1.65. The minimum atomic E-state index is -3.46. The van der Waals surface area contributed by atoms with Crippen molar-refractivity contribution in [2.45, 2.75) is 63.1 Å². The van der Waals surface area contributed by atoms with E-state index in [9.17, 15) is 8.42 Å². The van der Waals surface area contributed by atoms with Crippen molar-refractivity contribution >= 4 is 10.0 Å². The Morgan fingerprint density at radius 2 is 2.05 bits per heavy atom. The molecule has 0 unspecified atom stereocenters. The fourth-order valence-corrected chi connectivity index (χ4v) is 4.25. The molecule has 2 N–H and O–H groups in total. The first kappa shape index (κ1) is 16.5. The molecule has 21 heavy (non-hydrogen) atoms. The normalized spacial score (nSPS) is 23.6. The number of rotatable bonds is 6. The first-order valence-electron chi connectivity index (χ1n) is 7.68. The fourth-order valence-electron chi connectivity index (χ4n) is 2.87. The molecule has 1 aliphatic rings. The maximum atomic E-state index is 12.5. The summed E-state index contributed by atoms with van der Waals surface area (Å²) < 4.78 is 26.6. The number of hydrogen-bond donors (Lipinski definition) is 2. The number of nitrogens with zero attached hydrogens (tertiary/aromatic N) is 2. The number of aryl methyl sites for hydroxylation is 1. The number of imidazole rings is 1. The molecule has 0 spiro atoms. The van der Waals surface area contributed by atoms with Gasteiger partial charge in [-0.15, -0.1) is 0 Å². The number of nitrogens with one attached hydrogen (secondary N) is 2. The molecule has 1 heterocycles. The zero-order chi connectivity index (χ0) is 15.5. The first-order chi connectivity index (χ1) is 9.95. The van der Waals surface area contributed by atoms with Gasteiger partial charge in [0.15, 0.2) is 5.03 Å².